The fourth-order valence-electron chi connectivity index (χ4n) is 3.72. The third kappa shape index (κ3) is 7.78. The molecule has 6 nitrogen and oxygen atoms in total. The highest BCUT2D eigenvalue weighted by molar-refractivity contribution is 5.77. The molecule has 2 atom stereocenters. The molecule has 1 aliphatic heterocycles. The number of hydrogen-bond donors (Lipinski definition) is 2. The Morgan fingerprint density at radius 3 is 2.80 bits per heavy atom. The molecule has 0 aromatic heterocycles. The van der Waals surface area contributed by atoms with E-state index in [2.05, 4.69) is 0 Å². The van der Waals surface area contributed by atoms with Crippen molar-refractivity contribution >= 4 is 11.9 Å². The zero-order valence-corrected chi connectivity index (χ0v) is 17.6. The van der Waals surface area contributed by atoms with Gasteiger partial charge >= 0.3 is 5.97 Å². The minimum absolute atomic E-state index is 0.0689. The van der Waals surface area contributed by atoms with Gasteiger partial charge in [0.2, 0.25) is 5.91 Å². The molecule has 30 heavy (non-hydrogen) atoms. The number of nitrogens with zero attached hydrogens (tertiary/aromatic N) is 1. The van der Waals surface area contributed by atoms with Gasteiger partial charge in [0.15, 0.2) is 0 Å². The second-order valence-electron chi connectivity index (χ2n) is 7.72. The number of hydrogen-bond acceptors (Lipinski definition) is 4. The third-order valence-corrected chi connectivity index (χ3v) is 5.40. The first-order chi connectivity index (χ1) is 14.4. The van der Waals surface area contributed by atoms with Gasteiger partial charge in [0, 0.05) is 31.9 Å². The van der Waals surface area contributed by atoms with Gasteiger partial charge < -0.3 is 19.8 Å². The van der Waals surface area contributed by atoms with Crippen molar-refractivity contribution < 1.29 is 28.9 Å². The first-order valence-electron chi connectivity index (χ1n) is 10.6. The number of aliphatic carboxylic acids is 1. The number of methoxy groups -OCH3 is 1. The van der Waals surface area contributed by atoms with Gasteiger partial charge in [-0.2, -0.15) is 0 Å². The number of aliphatic hydroxyl groups excluding tert-OH is 1. The van der Waals surface area contributed by atoms with Crippen LogP contribution in [0.15, 0.2) is 30.4 Å². The Labute approximate surface area is 177 Å². The SMILES string of the molecule is COc1ccc(CC(O)C=C[C@H]2CCCC(=O)N2CCCCCCC(=O)O)c(F)c1. The number of likely N-dealkylation sites (tertiary alicyclic amines) is 1. The lowest BCUT2D eigenvalue weighted by atomic mass is 9.99. The van der Waals surface area contributed by atoms with Crippen LogP contribution in [0.25, 0.3) is 0 Å². The summed E-state index contributed by atoms with van der Waals surface area (Å²) in [5.74, 6) is -0.656. The van der Waals surface area contributed by atoms with Crippen LogP contribution in [0.3, 0.4) is 0 Å². The lowest BCUT2D eigenvalue weighted by Gasteiger charge is -2.34. The van der Waals surface area contributed by atoms with Crippen molar-refractivity contribution in [2.45, 2.75) is 69.9 Å². The zero-order valence-electron chi connectivity index (χ0n) is 17.6. The Balaban J connectivity index is 1.86. The highest BCUT2D eigenvalue weighted by atomic mass is 19.1. The largest absolute Gasteiger partial charge is 0.497 e. The number of unbranched alkanes of at least 4 members (excludes halogenated alkanes) is 3. The van der Waals surface area contributed by atoms with E-state index in [0.717, 1.165) is 32.1 Å². The second kappa shape index (κ2) is 12.3. The molecule has 1 aliphatic rings. The van der Waals surface area contributed by atoms with Crippen molar-refractivity contribution in [1.29, 1.82) is 0 Å². The number of rotatable bonds is 12. The maximum Gasteiger partial charge on any atom is 0.303 e. The van der Waals surface area contributed by atoms with Gasteiger partial charge in [-0.3, -0.25) is 9.59 Å². The van der Waals surface area contributed by atoms with E-state index < -0.39 is 17.9 Å². The average Bonchev–Trinajstić information content (AvgIpc) is 2.71. The lowest BCUT2D eigenvalue weighted by Crippen LogP contribution is -2.43. The highest BCUT2D eigenvalue weighted by Crippen LogP contribution is 2.22. The summed E-state index contributed by atoms with van der Waals surface area (Å²) in [5, 5.41) is 19.0. The minimum atomic E-state index is -0.845. The van der Waals surface area contributed by atoms with E-state index in [-0.39, 0.29) is 24.8 Å². The Hall–Kier alpha value is -2.41. The van der Waals surface area contributed by atoms with Crippen molar-refractivity contribution in [2.24, 2.45) is 0 Å². The fourth-order valence-corrected chi connectivity index (χ4v) is 3.72. The van der Waals surface area contributed by atoms with E-state index in [0.29, 0.717) is 30.7 Å². The quantitative estimate of drug-likeness (QED) is 0.397. The van der Waals surface area contributed by atoms with E-state index in [1.54, 1.807) is 18.2 Å². The highest BCUT2D eigenvalue weighted by Gasteiger charge is 2.25. The number of carboxylic acids is 1. The van der Waals surface area contributed by atoms with Gasteiger partial charge in [-0.15, -0.1) is 0 Å². The van der Waals surface area contributed by atoms with Crippen LogP contribution < -0.4 is 4.74 Å². The molecule has 166 valence electrons. The van der Waals surface area contributed by atoms with Gasteiger partial charge in [-0.25, -0.2) is 4.39 Å². The first kappa shape index (κ1) is 23.9. The second-order valence-corrected chi connectivity index (χ2v) is 7.72. The fraction of sp³-hybridized carbons (Fsp3) is 0.565. The lowest BCUT2D eigenvalue weighted by molar-refractivity contribution is -0.137. The molecule has 7 heteroatoms. The summed E-state index contributed by atoms with van der Waals surface area (Å²) in [6, 6.07) is 4.49. The summed E-state index contributed by atoms with van der Waals surface area (Å²) in [5.41, 5.74) is 0.408. The number of ether oxygens (including phenoxy) is 1. The monoisotopic (exact) mass is 421 g/mol. The molecular weight excluding hydrogens is 389 g/mol. The van der Waals surface area contributed by atoms with Crippen molar-refractivity contribution in [3.05, 3.63) is 41.7 Å². The van der Waals surface area contributed by atoms with Crippen molar-refractivity contribution in [3.63, 3.8) is 0 Å². The van der Waals surface area contributed by atoms with Crippen LogP contribution in [0.5, 0.6) is 5.75 Å². The summed E-state index contributed by atoms with van der Waals surface area (Å²) in [7, 11) is 1.47. The predicted molar refractivity (Wildman–Crippen MR) is 112 cm³/mol. The Bertz CT molecular complexity index is 736. The summed E-state index contributed by atoms with van der Waals surface area (Å²) < 4.78 is 19.1. The molecule has 0 bridgehead atoms. The van der Waals surface area contributed by atoms with Crippen LogP contribution >= 0.6 is 0 Å². The van der Waals surface area contributed by atoms with Crippen LogP contribution in [0.1, 0.15) is 56.9 Å². The summed E-state index contributed by atoms with van der Waals surface area (Å²) in [6.45, 7) is 0.629. The number of halogens is 1. The number of benzene rings is 1. The molecule has 0 radical (unpaired) electrons. The Morgan fingerprint density at radius 2 is 2.10 bits per heavy atom. The van der Waals surface area contributed by atoms with Crippen molar-refractivity contribution in [3.8, 4) is 5.75 Å². The van der Waals surface area contributed by atoms with Gasteiger partial charge in [0.25, 0.3) is 0 Å². The number of aliphatic hydroxyl groups is 1. The molecule has 1 aromatic carbocycles. The van der Waals surface area contributed by atoms with Gasteiger partial charge in [0.05, 0.1) is 19.3 Å². The molecule has 1 fully saturated rings. The van der Waals surface area contributed by atoms with Crippen molar-refractivity contribution in [2.75, 3.05) is 13.7 Å². The maximum atomic E-state index is 14.1. The number of carboxylic acid groups (broad SMARTS) is 1. The van der Waals surface area contributed by atoms with Crippen LogP contribution in [0, 0.1) is 5.82 Å². The molecule has 0 spiro atoms. The van der Waals surface area contributed by atoms with E-state index in [1.807, 2.05) is 11.0 Å². The summed E-state index contributed by atoms with van der Waals surface area (Å²) in [4.78, 5) is 24.7. The topological polar surface area (TPSA) is 87.1 Å². The van der Waals surface area contributed by atoms with E-state index in [9.17, 15) is 19.1 Å². The molecule has 0 aliphatic carbocycles. The molecule has 1 aromatic rings. The smallest absolute Gasteiger partial charge is 0.303 e. The minimum Gasteiger partial charge on any atom is -0.497 e. The molecule has 1 amide bonds. The Morgan fingerprint density at radius 1 is 1.33 bits per heavy atom. The van der Waals surface area contributed by atoms with Crippen molar-refractivity contribution in [1.82, 2.24) is 4.90 Å². The molecule has 1 heterocycles. The normalized spacial score (nSPS) is 18.0. The average molecular weight is 422 g/mol. The molecular formula is C23H32FNO5. The number of piperidine rings is 1. The molecule has 0 saturated carbocycles. The number of amides is 1. The van der Waals surface area contributed by atoms with E-state index in [1.165, 1.54) is 13.2 Å². The molecule has 2 rings (SSSR count). The standard InChI is InChI=1S/C23H32FNO5/c1-30-20-13-10-17(21(24)16-20)15-19(26)12-11-18-7-6-8-22(27)25(18)14-5-3-2-4-9-23(28)29/h10-13,16,18-19,26H,2-9,14-15H2,1H3,(H,28,29)/t18-,19?/m1/s1. The van der Waals surface area contributed by atoms with Crippen LogP contribution in [-0.2, 0) is 16.0 Å². The van der Waals surface area contributed by atoms with Crippen LogP contribution in [0.2, 0.25) is 0 Å². The molecule has 2 N–H and O–H groups in total. The van der Waals surface area contributed by atoms with Gasteiger partial charge in [0.1, 0.15) is 11.6 Å². The van der Waals surface area contributed by atoms with Gasteiger partial charge in [-0.1, -0.05) is 31.1 Å². The predicted octanol–water partition coefficient (Wildman–Crippen LogP) is 3.71. The van der Waals surface area contributed by atoms with E-state index in [4.69, 9.17) is 9.84 Å². The molecule has 1 saturated heterocycles. The number of carbonyl (C=O) groups excluding carboxylic acids is 1. The first-order valence-corrected chi connectivity index (χ1v) is 10.6. The third-order valence-electron chi connectivity index (χ3n) is 5.40. The van der Waals surface area contributed by atoms with Gasteiger partial charge in [-0.05, 0) is 37.3 Å². The van der Waals surface area contributed by atoms with Crippen LogP contribution in [0.4, 0.5) is 4.39 Å². The molecule has 1 unspecified atom stereocenters. The van der Waals surface area contributed by atoms with E-state index >= 15 is 0 Å². The van der Waals surface area contributed by atoms with Crippen LogP contribution in [-0.4, -0.2) is 52.8 Å². The zero-order chi connectivity index (χ0) is 21.9. The summed E-state index contributed by atoms with van der Waals surface area (Å²) >= 11 is 0. The maximum absolute atomic E-state index is 14.1. The summed E-state index contributed by atoms with van der Waals surface area (Å²) in [6.07, 6.45) is 8.37. The Kier molecular flexibility index (Phi) is 9.80. The number of carbonyl (C=O) groups is 2.